The molecule has 0 radical (unpaired) electrons. The van der Waals surface area contributed by atoms with Crippen LogP contribution in [-0.2, 0) is 94.8 Å². The summed E-state index contributed by atoms with van der Waals surface area (Å²) >= 11 is 0. The normalized spacial score (nSPS) is 19.4. The molecule has 8 aliphatic heterocycles. The Balaban J connectivity index is 0.000000121. The van der Waals surface area contributed by atoms with Crippen molar-refractivity contribution in [2.45, 2.75) is 68.3 Å². The monoisotopic (exact) mass is 1920 g/mol. The number of ether oxygens (including phenoxy) is 7. The largest absolute Gasteiger partial charge is 0.497 e. The van der Waals surface area contributed by atoms with E-state index in [-0.39, 0.29) is 119 Å². The molecule has 0 bridgehead atoms. The Morgan fingerprint density at radius 1 is 0.331 bits per heavy atom. The molecule has 22 rings (SSSR count). The van der Waals surface area contributed by atoms with Crippen molar-refractivity contribution in [2.75, 3.05) is 108 Å². The second kappa shape index (κ2) is 39.0. The molecule has 9 aromatic heterocycles. The number of fused-ring (bicyclic) bond motifs is 8. The number of hydrogen-bond donors (Lipinski definition) is 4. The quantitative estimate of drug-likeness (QED) is 0.0240. The molecule has 4 saturated heterocycles. The number of furan rings is 4. The van der Waals surface area contributed by atoms with E-state index in [4.69, 9.17) is 50.8 Å². The molecule has 8 aliphatic rings. The van der Waals surface area contributed by atoms with Gasteiger partial charge in [0.15, 0.2) is 33.3 Å². The highest BCUT2D eigenvalue weighted by Gasteiger charge is 2.61. The average molecular weight is 1920 g/mol. The fourth-order valence-corrected chi connectivity index (χ4v) is 18.6. The number of methoxy groups -OCH3 is 5. The molecule has 4 N–H and O–H groups in total. The van der Waals surface area contributed by atoms with Gasteiger partial charge in [-0.1, -0.05) is 60.7 Å². The lowest BCUT2D eigenvalue weighted by atomic mass is 9.94. The zero-order chi connectivity index (χ0) is 98.9. The summed E-state index contributed by atoms with van der Waals surface area (Å²) in [6.07, 6.45) is 12.9. The maximum atomic E-state index is 14.0. The van der Waals surface area contributed by atoms with Crippen LogP contribution in [-0.4, -0.2) is 243 Å². The molecule has 4 fully saturated rings. The Bertz CT molecular complexity index is 6990. The molecule has 4 atom stereocenters. The third-order valence-corrected chi connectivity index (χ3v) is 25.9. The maximum absolute atomic E-state index is 14.0. The van der Waals surface area contributed by atoms with Gasteiger partial charge in [0.05, 0.1) is 107 Å². The minimum Gasteiger partial charge on any atom is -0.497 e. The number of urea groups is 4. The van der Waals surface area contributed by atoms with Gasteiger partial charge in [0, 0.05) is 135 Å². The van der Waals surface area contributed by atoms with Crippen LogP contribution >= 0.6 is 0 Å². The molecule has 0 saturated carbocycles. The molecule has 0 spiro atoms. The highest BCUT2D eigenvalue weighted by atomic mass is 16.5. The Kier molecular flexibility index (Phi) is 25.7. The zero-order valence-electron chi connectivity index (χ0n) is 77.6. The molecule has 0 aliphatic carbocycles. The first-order valence-corrected chi connectivity index (χ1v) is 45.3. The standard InChI is InChI=1S/C27H30N4O8.C27H22N4O5.C26H21N5O5.C22H20N4O5/c1-35-10-11-38-13-12-37-9-8-31-25(33)27(29-26(31)34,23-15-21-22(39-23)4-3-7-28-21)17-30-16-18-5-6-19(36-2)14-20(18)24(30)32;1-35-20-8-7-18-15-30(24(32)21(18)12-20)16-27(23-11-19-13-28-10-9-22(19)36-23)25(33)31(26(34)29-27)14-17-5-3-2-4-6-17;1-35-19-5-4-17-14-30(23(32)20(17)10-19)15-26(22-9-18-12-28-8-6-21(18)36-22)24(33)31(25(34)29-26)13-16-3-2-7-27-11-16;1-3-26-20(28)22(24-21(26)29,18-10-16-17(31-18)5-4-8-23-16)12-25-11-13-6-7-14(30-2)9-15(13)19(25)27/h3-7,14-15H,8-13,16-17H2,1-2H3,(H,29,34);2-13H,14-16H2,1H3,(H,29,34);2-12H,13-15H2,1H3,(H,29,34);4-10H,3,11-12H2,1-2H3,(H,24,29)/t2*27-;26-;22-/m0000/s1. The van der Waals surface area contributed by atoms with Gasteiger partial charge in [-0.15, -0.1) is 0 Å². The van der Waals surface area contributed by atoms with E-state index in [1.54, 1.807) is 207 Å². The second-order valence-corrected chi connectivity index (χ2v) is 34.5. The molecular weight excluding hydrogens is 1830 g/mol. The Labute approximate surface area is 808 Å². The minimum atomic E-state index is -1.64. The van der Waals surface area contributed by atoms with Crippen LogP contribution in [0.5, 0.6) is 23.0 Å². The minimum absolute atomic E-state index is 0.0222. The van der Waals surface area contributed by atoms with Crippen molar-refractivity contribution in [3.05, 3.63) is 304 Å². The molecule has 0 unspecified atom stereocenters. The molecule has 40 nitrogen and oxygen atoms in total. The smallest absolute Gasteiger partial charge is 0.325 e. The van der Waals surface area contributed by atoms with Gasteiger partial charge in [-0.25, -0.2) is 19.2 Å². The number of hydrogen-bond acceptors (Lipinski definition) is 28. The third kappa shape index (κ3) is 17.5. The number of carbonyl (C=O) groups is 12. The lowest BCUT2D eigenvalue weighted by molar-refractivity contribution is -0.134. The van der Waals surface area contributed by atoms with E-state index in [0.29, 0.717) is 134 Å². The fourth-order valence-electron chi connectivity index (χ4n) is 18.6. The van der Waals surface area contributed by atoms with Gasteiger partial charge in [-0.05, 0) is 143 Å². The molecule has 142 heavy (non-hydrogen) atoms. The van der Waals surface area contributed by atoms with Crippen LogP contribution in [0.15, 0.2) is 243 Å². The number of amides is 16. The Morgan fingerprint density at radius 3 is 1.05 bits per heavy atom. The summed E-state index contributed by atoms with van der Waals surface area (Å²) in [6, 6.07) is 48.7. The number of imide groups is 4. The molecule has 16 amide bonds. The van der Waals surface area contributed by atoms with Crippen LogP contribution in [0.2, 0.25) is 0 Å². The molecular formula is C102H93N17O23. The van der Waals surface area contributed by atoms with E-state index in [2.05, 4.69) is 46.2 Å². The number of aromatic nitrogens is 5. The van der Waals surface area contributed by atoms with Crippen LogP contribution < -0.4 is 40.2 Å². The van der Waals surface area contributed by atoms with Crippen molar-refractivity contribution >= 4 is 116 Å². The van der Waals surface area contributed by atoms with Gasteiger partial charge in [-0.2, -0.15) is 0 Å². The Hall–Kier alpha value is -17.3. The molecule has 40 heteroatoms. The van der Waals surface area contributed by atoms with Crippen molar-refractivity contribution in [3.63, 3.8) is 0 Å². The van der Waals surface area contributed by atoms with Gasteiger partial charge >= 0.3 is 24.1 Å². The first-order valence-electron chi connectivity index (χ1n) is 45.3. The zero-order valence-corrected chi connectivity index (χ0v) is 77.6. The highest BCUT2D eigenvalue weighted by Crippen LogP contribution is 2.44. The summed E-state index contributed by atoms with van der Waals surface area (Å²) in [5.41, 5.74) is 3.53. The van der Waals surface area contributed by atoms with E-state index in [1.165, 1.54) is 26.2 Å². The summed E-state index contributed by atoms with van der Waals surface area (Å²) in [5.74, 6) is 0.216. The van der Waals surface area contributed by atoms with E-state index >= 15 is 0 Å². The fraction of sp³-hybridized carbons (Fsp3) is 0.265. The number of nitrogens with one attached hydrogen (secondary N) is 4. The van der Waals surface area contributed by atoms with Crippen molar-refractivity contribution in [1.82, 2.24) is 85.4 Å². The van der Waals surface area contributed by atoms with Crippen LogP contribution in [0.3, 0.4) is 0 Å². The number of benzene rings is 5. The lowest BCUT2D eigenvalue weighted by Gasteiger charge is -2.29. The first kappa shape index (κ1) is 93.7. The van der Waals surface area contributed by atoms with Crippen molar-refractivity contribution in [1.29, 1.82) is 0 Å². The molecule has 5 aromatic carbocycles. The van der Waals surface area contributed by atoms with E-state index in [9.17, 15) is 57.5 Å². The van der Waals surface area contributed by atoms with Gasteiger partial charge < -0.3 is 91.7 Å². The molecule has 724 valence electrons. The number of nitrogens with zero attached hydrogens (tertiary/aromatic N) is 13. The molecule has 17 heterocycles. The number of rotatable bonds is 30. The highest BCUT2D eigenvalue weighted by molar-refractivity contribution is 6.12. The summed E-state index contributed by atoms with van der Waals surface area (Å²) in [7, 11) is 7.74. The topological polar surface area (TPSA) is 460 Å². The number of likely N-dealkylation sites (N-methyl/N-ethyl adjacent to an activating group) is 1. The van der Waals surface area contributed by atoms with Crippen molar-refractivity contribution in [3.8, 4) is 23.0 Å². The number of pyridine rings is 5. The SMILES string of the molecule is CCN1C(=O)N[C@@](CN2Cc3ccc(OC)cc3C2=O)(c2cc3ncccc3o2)C1=O.COCCOCCOCCN1C(=O)N[C@@](CN2Cc3ccc(OC)cc3C2=O)(c2cc3ncccc3o2)C1=O.COc1ccc2c(c1)C(=O)N(C[C@@]1(c3cc4cnccc4o3)NC(=O)N(Cc3ccccc3)C1=O)C2.COc1ccc2c(c1)C(=O)N(C[C@@]1(c3cc4cnccc4o3)NC(=O)N(Cc3cccnc3)C1=O)C2. The van der Waals surface area contributed by atoms with Crippen LogP contribution in [0.1, 0.15) is 105 Å². The van der Waals surface area contributed by atoms with E-state index in [1.807, 2.05) is 54.6 Å². The lowest BCUT2D eigenvalue weighted by Crippen LogP contribution is -2.52. The first-order chi connectivity index (χ1) is 68.9. The van der Waals surface area contributed by atoms with Gasteiger partial charge in [0.2, 0.25) is 0 Å². The van der Waals surface area contributed by atoms with E-state index in [0.717, 1.165) is 47.4 Å². The van der Waals surface area contributed by atoms with Gasteiger partial charge in [0.25, 0.3) is 47.3 Å². The summed E-state index contributed by atoms with van der Waals surface area (Å²) < 4.78 is 61.0. The average Bonchev–Trinajstić information content (AvgIpc) is 1.59. The summed E-state index contributed by atoms with van der Waals surface area (Å²) in [4.78, 5) is 192. The van der Waals surface area contributed by atoms with Gasteiger partial charge in [0.1, 0.15) is 68.2 Å². The van der Waals surface area contributed by atoms with Gasteiger partial charge in [-0.3, -0.25) is 82.9 Å². The van der Waals surface area contributed by atoms with Crippen molar-refractivity contribution in [2.24, 2.45) is 0 Å². The predicted octanol–water partition coefficient (Wildman–Crippen LogP) is 10.5. The van der Waals surface area contributed by atoms with Crippen LogP contribution in [0, 0.1) is 0 Å². The van der Waals surface area contributed by atoms with E-state index < -0.39 is 69.9 Å². The maximum Gasteiger partial charge on any atom is 0.325 e. The van der Waals surface area contributed by atoms with Crippen LogP contribution in [0.25, 0.3) is 44.1 Å². The van der Waals surface area contributed by atoms with Crippen molar-refractivity contribution < 1.29 is 108 Å². The summed E-state index contributed by atoms with van der Waals surface area (Å²) in [6.45, 7) is 4.58. The second-order valence-electron chi connectivity index (χ2n) is 34.5. The third-order valence-electron chi connectivity index (χ3n) is 25.9. The predicted molar refractivity (Wildman–Crippen MR) is 502 cm³/mol. The molecule has 14 aromatic rings. The number of carbonyl (C=O) groups excluding carboxylic acids is 12. The summed E-state index contributed by atoms with van der Waals surface area (Å²) in [5, 5.41) is 12.7. The Morgan fingerprint density at radius 2 is 0.676 bits per heavy atom. The van der Waals surface area contributed by atoms with Crippen LogP contribution in [0.4, 0.5) is 19.2 Å².